The van der Waals surface area contributed by atoms with E-state index in [-0.39, 0.29) is 21.7 Å². The third kappa shape index (κ3) is 13.9. The smallest absolute Gasteiger partial charge is 0.485 e. The molecule has 4 aliphatic heterocycles. The van der Waals surface area contributed by atoms with Gasteiger partial charge >= 0.3 is 11.0 Å². The van der Waals surface area contributed by atoms with Crippen LogP contribution < -0.4 is 15.1 Å². The lowest BCUT2D eigenvalue weighted by Crippen LogP contribution is -2.27. The Kier molecular flexibility index (Phi) is 21.2. The van der Waals surface area contributed by atoms with E-state index < -0.39 is 31.3 Å². The lowest BCUT2D eigenvalue weighted by molar-refractivity contribution is -0.433. The summed E-state index contributed by atoms with van der Waals surface area (Å²) in [6, 6.07) is 72.6. The number of rotatable bonds is 15. The Balaban J connectivity index is 0.000000609. The van der Waals surface area contributed by atoms with Crippen LogP contribution in [0.5, 0.6) is 0 Å². The van der Waals surface area contributed by atoms with Crippen LogP contribution in [0.25, 0.3) is 65.4 Å². The summed E-state index contributed by atoms with van der Waals surface area (Å²) in [6.07, 6.45) is 19.7. The number of hydrogen-bond acceptors (Lipinski definition) is 10. The highest BCUT2D eigenvalue weighted by molar-refractivity contribution is 8.03. The van der Waals surface area contributed by atoms with E-state index in [4.69, 9.17) is 25.9 Å². The minimum atomic E-state index is -6.09. The number of nitrogens with zero attached hydrogens (tertiary/aromatic N) is 4. The number of hydrogen-bond donors (Lipinski definition) is 1. The number of allylic oxidation sites excluding steroid dienone is 14. The fourth-order valence-electron chi connectivity index (χ4n) is 18.2. The van der Waals surface area contributed by atoms with Crippen LogP contribution in [-0.4, -0.2) is 96.0 Å². The van der Waals surface area contributed by atoms with Gasteiger partial charge in [-0.1, -0.05) is 198 Å². The second kappa shape index (κ2) is 30.1. The van der Waals surface area contributed by atoms with Crippen molar-refractivity contribution in [1.29, 1.82) is 0 Å². The number of thioether (sulfide) groups is 1. The van der Waals surface area contributed by atoms with Crippen molar-refractivity contribution in [3.8, 4) is 0 Å². The fourth-order valence-corrected chi connectivity index (χ4v) is 19.3. The lowest BCUT2D eigenvalue weighted by Gasteiger charge is -2.26. The van der Waals surface area contributed by atoms with Crippen LogP contribution in [0.3, 0.4) is 0 Å². The van der Waals surface area contributed by atoms with Crippen LogP contribution in [-0.2, 0) is 41.9 Å². The summed E-state index contributed by atoms with van der Waals surface area (Å²) in [7, 11) is -12.2. The van der Waals surface area contributed by atoms with Gasteiger partial charge in [-0.2, -0.15) is 35.5 Å². The first-order chi connectivity index (χ1) is 54.0. The maximum absolute atomic E-state index is 10.7. The first-order valence-corrected chi connectivity index (χ1v) is 42.1. The van der Waals surface area contributed by atoms with Crippen molar-refractivity contribution >= 4 is 132 Å². The Morgan fingerprint density at radius 1 is 0.412 bits per heavy atom. The first kappa shape index (κ1) is 80.3. The molecule has 6 aliphatic rings. The monoisotopic (exact) mass is 1590 g/mol. The molecule has 0 fully saturated rings. The lowest BCUT2D eigenvalue weighted by atomic mass is 9.79. The molecule has 0 atom stereocenters. The molecular weight excluding hydrogens is 1510 g/mol. The van der Waals surface area contributed by atoms with Gasteiger partial charge in [0.15, 0.2) is 31.7 Å². The number of likely N-dealkylation sites (N-methyl/N-ethyl adjacent to an activating group) is 2. The molecule has 11 nitrogen and oxygen atoms in total. The summed E-state index contributed by atoms with van der Waals surface area (Å²) in [5, 5.41) is 14.7. The Hall–Kier alpha value is -10.4. The third-order valence-electron chi connectivity index (χ3n) is 23.2. The summed E-state index contributed by atoms with van der Waals surface area (Å²) in [5.74, 6) is 0.819. The maximum Gasteiger partial charge on any atom is 0.485 e. The maximum atomic E-state index is 10.7. The van der Waals surface area contributed by atoms with Gasteiger partial charge in [0.05, 0.1) is 10.8 Å². The Bertz CT molecular complexity index is 5850. The van der Waals surface area contributed by atoms with Crippen LogP contribution in [0.15, 0.2) is 265 Å². The zero-order valence-electron chi connectivity index (χ0n) is 65.6. The molecule has 0 unspecified atom stereocenters. The number of benzene rings is 10. The standard InChI is InChI=1S/C92H88N5S.2CHF3O3S/c1-13-94-75-49-41-59-29-17-21-33-63(59)83(75)89(5,6)79(94)53-45-71-67-37-25-26-38-68(67)72(46-54-80-90(7,8)84-64-34-22-18-30-60(64)42-50-76(84)95(80)14-2)87(71)93-57-58-98-88-73(47-55-81-91(9,10)85-65-35-23-19-31-61(65)43-51-77(85)96(81)15-3)69-39-27-28-40-70(69)74(88)48-56-82-92(11,12)86-66-36-24-20-32-62(66)44-52-78(86)97(82)16-4;2*2-1(3,4)8(5,6)7/h17-56H,13-16,57-58H2,1-12H3;2*(H,5,6,7)/q+1;;/p-1/b71-45+,79-53+;;. The molecule has 2 aliphatic carbocycles. The molecule has 10 aromatic carbocycles. The van der Waals surface area contributed by atoms with E-state index in [1.165, 1.54) is 160 Å². The molecule has 10 aromatic rings. The zero-order valence-corrected chi connectivity index (χ0v) is 68.0. The highest BCUT2D eigenvalue weighted by atomic mass is 32.2. The summed E-state index contributed by atoms with van der Waals surface area (Å²) in [4.78, 5) is 6.41. The van der Waals surface area contributed by atoms with E-state index in [1.807, 2.05) is 11.8 Å². The number of fused-ring (bicyclic) bond motifs is 14. The van der Waals surface area contributed by atoms with Crippen LogP contribution in [0.2, 0.25) is 0 Å². The van der Waals surface area contributed by atoms with Gasteiger partial charge in [-0.25, -0.2) is 16.8 Å². The van der Waals surface area contributed by atoms with Gasteiger partial charge in [0.1, 0.15) is 13.1 Å². The van der Waals surface area contributed by atoms with Crippen molar-refractivity contribution in [1.82, 2.24) is 5.32 Å². The Morgan fingerprint density at radius 2 is 0.746 bits per heavy atom. The molecule has 0 amide bonds. The Labute approximate surface area is 667 Å². The molecule has 20 heteroatoms. The van der Waals surface area contributed by atoms with Crippen LogP contribution >= 0.6 is 11.8 Å². The van der Waals surface area contributed by atoms with E-state index >= 15 is 0 Å². The average molecular weight is 1590 g/mol. The first-order valence-electron chi connectivity index (χ1n) is 38.3. The van der Waals surface area contributed by atoms with Gasteiger partial charge in [-0.15, -0.1) is 11.8 Å². The van der Waals surface area contributed by atoms with Crippen LogP contribution in [0.4, 0.5) is 49.1 Å². The normalized spacial score (nSPS) is 18.7. The van der Waals surface area contributed by atoms with Crippen molar-refractivity contribution in [2.75, 3.05) is 48.3 Å². The van der Waals surface area contributed by atoms with Crippen molar-refractivity contribution in [3.05, 3.63) is 309 Å². The molecule has 0 spiro atoms. The second-order valence-electron chi connectivity index (χ2n) is 31.1. The van der Waals surface area contributed by atoms with Crippen molar-refractivity contribution < 1.29 is 61.4 Å². The van der Waals surface area contributed by atoms with Crippen LogP contribution in [0.1, 0.15) is 128 Å². The zero-order chi connectivity index (χ0) is 81.6. The average Bonchev–Trinajstić information content (AvgIpc) is 1.58. The highest BCUT2D eigenvalue weighted by Crippen LogP contribution is 2.55. The summed E-state index contributed by atoms with van der Waals surface area (Å²) in [5.41, 5.74) is 15.0. The van der Waals surface area contributed by atoms with Crippen molar-refractivity contribution in [3.63, 3.8) is 0 Å². The highest BCUT2D eigenvalue weighted by Gasteiger charge is 2.48. The molecule has 1 N–H and O–H groups in total. The molecule has 114 heavy (non-hydrogen) atoms. The summed E-state index contributed by atoms with van der Waals surface area (Å²) >= 11 is 1.99. The van der Waals surface area contributed by atoms with E-state index in [0.717, 1.165) is 44.2 Å². The SMILES string of the molecule is CCN1/C(=C/C=C2/C(NCCS/C3=C(\C=C\C4=[N+](CC)c5ccc6ccccc6c5C4(C)C)c4ccccc4\C3=C/C=C3/N(CC)c4ccc5ccccc5c4C3(C)C)=C(\C=C\C3=[N+](CC)c4ccc5ccccc5c4C3(C)C)c3ccccc32)C(C)(C)c2c1ccc1ccccc21.O=S(=O)([O-])C(F)(F)F.O=S(=O)([O-])C(F)(F)F. The topological polar surface area (TPSA) is 139 Å². The number of anilines is 2. The van der Waals surface area contributed by atoms with Gasteiger partial charge in [-0.05, 0) is 192 Å². The number of alkyl halides is 6. The molecule has 0 saturated carbocycles. The largest absolute Gasteiger partial charge is 0.741 e. The summed E-state index contributed by atoms with van der Waals surface area (Å²) in [6.45, 7) is 32.8. The summed E-state index contributed by atoms with van der Waals surface area (Å²) < 4.78 is 123. The minimum Gasteiger partial charge on any atom is -0.741 e. The molecule has 586 valence electrons. The molecule has 0 radical (unpaired) electrons. The van der Waals surface area contributed by atoms with Gasteiger partial charge in [0.25, 0.3) is 0 Å². The van der Waals surface area contributed by atoms with Crippen molar-refractivity contribution in [2.24, 2.45) is 0 Å². The van der Waals surface area contributed by atoms with E-state index in [2.05, 4.69) is 350 Å². The molecular formula is C94H89F6N5O6S3. The Morgan fingerprint density at radius 3 is 1.13 bits per heavy atom. The van der Waals surface area contributed by atoms with Gasteiger partial charge < -0.3 is 24.2 Å². The van der Waals surface area contributed by atoms with Crippen LogP contribution in [0, 0.1) is 0 Å². The minimum absolute atomic E-state index is 0.238. The molecule has 0 aromatic heterocycles. The van der Waals surface area contributed by atoms with E-state index in [9.17, 15) is 26.3 Å². The number of halogens is 6. The fraction of sp³-hybridized carbons (Fsp3) is 0.255. The molecule has 16 rings (SSSR count). The molecule has 4 heterocycles. The molecule has 0 bridgehead atoms. The van der Waals surface area contributed by atoms with E-state index in [1.54, 1.807) is 0 Å². The van der Waals surface area contributed by atoms with Gasteiger partial charge in [0.2, 0.25) is 11.4 Å². The predicted molar refractivity (Wildman–Crippen MR) is 454 cm³/mol. The van der Waals surface area contributed by atoms with E-state index in [0.29, 0.717) is 0 Å². The number of nitrogens with one attached hydrogen (secondary N) is 1. The van der Waals surface area contributed by atoms with Gasteiger partial charge in [-0.3, -0.25) is 0 Å². The third-order valence-corrected chi connectivity index (χ3v) is 25.4. The second-order valence-corrected chi connectivity index (χ2v) is 34.9. The predicted octanol–water partition coefficient (Wildman–Crippen LogP) is 22.3. The van der Waals surface area contributed by atoms with Gasteiger partial charge in [0, 0.05) is 116 Å². The quantitative estimate of drug-likeness (QED) is 0.0347. The molecule has 0 saturated heterocycles. The van der Waals surface area contributed by atoms with Crippen molar-refractivity contribution in [2.45, 2.75) is 116 Å².